The molecule has 2 amide bonds. The van der Waals surface area contributed by atoms with E-state index >= 15 is 0 Å². The molecule has 0 aliphatic heterocycles. The number of hydrogen-bond acceptors (Lipinski definition) is 4. The van der Waals surface area contributed by atoms with Crippen molar-refractivity contribution in [1.29, 1.82) is 0 Å². The molecule has 1 aromatic carbocycles. The summed E-state index contributed by atoms with van der Waals surface area (Å²) in [5.41, 5.74) is 8.75. The quantitative estimate of drug-likeness (QED) is 0.466. The van der Waals surface area contributed by atoms with Crippen molar-refractivity contribution in [1.82, 2.24) is 25.4 Å². The minimum Gasteiger partial charge on any atom is -0.353 e. The van der Waals surface area contributed by atoms with Crippen molar-refractivity contribution in [3.8, 4) is 0 Å². The van der Waals surface area contributed by atoms with Crippen LogP contribution in [0.4, 0.5) is 0 Å². The largest absolute Gasteiger partial charge is 0.353 e. The molecule has 2 fully saturated rings. The van der Waals surface area contributed by atoms with Gasteiger partial charge in [-0.25, -0.2) is 0 Å². The lowest BCUT2D eigenvalue weighted by Crippen LogP contribution is -2.50. The normalized spacial score (nSPS) is 29.3. The number of nitrogens with one attached hydrogen (secondary N) is 3. The fraction of sp³-hybridized carbons (Fsp3) is 0.500. The minimum absolute atomic E-state index is 0.00671. The number of H-pyrrole nitrogens is 1. The van der Waals surface area contributed by atoms with E-state index in [2.05, 4.69) is 27.8 Å². The maximum atomic E-state index is 13.4. The molecule has 8 heteroatoms. The van der Waals surface area contributed by atoms with Gasteiger partial charge in [0.05, 0.1) is 17.2 Å². The Balaban J connectivity index is 1.27. The summed E-state index contributed by atoms with van der Waals surface area (Å²) in [5, 5.41) is 14.5. The number of para-hydroxylation sites is 1. The average Bonchev–Trinajstić information content (AvgIpc) is 3.54. The fourth-order valence-corrected chi connectivity index (χ4v) is 6.00. The number of rotatable bonds is 5. The molecular weight excluding hydrogens is 428 g/mol. The van der Waals surface area contributed by atoms with Gasteiger partial charge in [-0.15, -0.1) is 0 Å². The van der Waals surface area contributed by atoms with Crippen LogP contribution in [0.2, 0.25) is 0 Å². The molecular formula is C26H34N6O2. The predicted molar refractivity (Wildman–Crippen MR) is 131 cm³/mol. The van der Waals surface area contributed by atoms with Gasteiger partial charge in [-0.05, 0) is 49.8 Å². The minimum atomic E-state index is -0.525. The van der Waals surface area contributed by atoms with Gasteiger partial charge in [0.1, 0.15) is 5.69 Å². The summed E-state index contributed by atoms with van der Waals surface area (Å²) in [6.07, 6.45) is 6.80. The Hall–Kier alpha value is -3.13. The Morgan fingerprint density at radius 2 is 1.97 bits per heavy atom. The van der Waals surface area contributed by atoms with Crippen LogP contribution >= 0.6 is 0 Å². The second-order valence-electron chi connectivity index (χ2n) is 10.2. The molecule has 0 saturated heterocycles. The van der Waals surface area contributed by atoms with Crippen molar-refractivity contribution in [2.45, 2.75) is 63.1 Å². The Labute approximate surface area is 199 Å². The zero-order chi connectivity index (χ0) is 23.9. The van der Waals surface area contributed by atoms with Crippen molar-refractivity contribution in [3.05, 3.63) is 54.0 Å². The second kappa shape index (κ2) is 8.91. The van der Waals surface area contributed by atoms with E-state index in [1.54, 1.807) is 6.20 Å². The zero-order valence-corrected chi connectivity index (χ0v) is 19.9. The molecule has 0 radical (unpaired) electrons. The Bertz CT molecular complexity index is 1190. The first-order valence-corrected chi connectivity index (χ1v) is 12.3. The lowest BCUT2D eigenvalue weighted by molar-refractivity contribution is -0.127. The molecule has 8 nitrogen and oxygen atoms in total. The van der Waals surface area contributed by atoms with E-state index in [-0.39, 0.29) is 35.7 Å². The van der Waals surface area contributed by atoms with Crippen LogP contribution in [-0.4, -0.2) is 38.7 Å². The van der Waals surface area contributed by atoms with Gasteiger partial charge in [-0.2, -0.15) is 5.10 Å². The number of fused-ring (bicyclic) bond motifs is 1. The van der Waals surface area contributed by atoms with Crippen molar-refractivity contribution in [2.75, 3.05) is 0 Å². The third kappa shape index (κ3) is 4.00. The van der Waals surface area contributed by atoms with Gasteiger partial charge in [0, 0.05) is 36.2 Å². The summed E-state index contributed by atoms with van der Waals surface area (Å²) < 4.78 is 1.92. The molecule has 34 heavy (non-hydrogen) atoms. The first-order chi connectivity index (χ1) is 16.4. The summed E-state index contributed by atoms with van der Waals surface area (Å²) in [5.74, 6) is -0.125. The Kier molecular flexibility index (Phi) is 5.93. The van der Waals surface area contributed by atoms with E-state index in [0.717, 1.165) is 48.7 Å². The van der Waals surface area contributed by atoms with Crippen LogP contribution in [0.5, 0.6) is 0 Å². The number of carbonyl (C=O) groups excluding carboxylic acids is 2. The van der Waals surface area contributed by atoms with Gasteiger partial charge >= 0.3 is 0 Å². The Morgan fingerprint density at radius 1 is 1.18 bits per heavy atom. The van der Waals surface area contributed by atoms with Crippen LogP contribution < -0.4 is 16.4 Å². The van der Waals surface area contributed by atoms with Gasteiger partial charge in [-0.1, -0.05) is 38.0 Å². The van der Waals surface area contributed by atoms with Gasteiger partial charge in [0.25, 0.3) is 5.91 Å². The first kappa shape index (κ1) is 22.7. The topological polar surface area (TPSA) is 118 Å². The smallest absolute Gasteiger partial charge is 0.268 e. The third-order valence-corrected chi connectivity index (χ3v) is 8.05. The summed E-state index contributed by atoms with van der Waals surface area (Å²) >= 11 is 0. The molecule has 5 rings (SSSR count). The molecule has 2 aliphatic rings. The molecule has 180 valence electrons. The van der Waals surface area contributed by atoms with E-state index in [1.807, 2.05) is 48.0 Å². The van der Waals surface area contributed by atoms with Crippen LogP contribution in [-0.2, 0) is 17.4 Å². The van der Waals surface area contributed by atoms with Crippen LogP contribution in [0, 0.1) is 11.8 Å². The third-order valence-electron chi connectivity index (χ3n) is 8.05. The fourth-order valence-electron chi connectivity index (χ4n) is 6.00. The molecule has 3 unspecified atom stereocenters. The molecule has 5 atom stereocenters. The molecule has 2 saturated carbocycles. The number of benzene rings is 1. The van der Waals surface area contributed by atoms with Crippen molar-refractivity contribution >= 4 is 22.7 Å². The molecule has 2 heterocycles. The highest BCUT2D eigenvalue weighted by Crippen LogP contribution is 2.40. The van der Waals surface area contributed by atoms with Gasteiger partial charge < -0.3 is 20.9 Å². The summed E-state index contributed by atoms with van der Waals surface area (Å²) in [6.45, 7) is 2.13. The SMILES string of the molecule is CC1CC(NC(=O)[C@@H]2CCCC[C@@H]2NC(=O)c2cc3ccccc3n2C)CC1(N)c1ccn[nH]1. The molecule has 5 N–H and O–H groups in total. The number of nitrogens with zero attached hydrogens (tertiary/aromatic N) is 2. The van der Waals surface area contributed by atoms with Crippen molar-refractivity contribution in [3.63, 3.8) is 0 Å². The summed E-state index contributed by atoms with van der Waals surface area (Å²) in [6, 6.07) is 11.6. The predicted octanol–water partition coefficient (Wildman–Crippen LogP) is 2.96. The maximum absolute atomic E-state index is 13.4. The number of aryl methyl sites for hydroxylation is 1. The van der Waals surface area contributed by atoms with Crippen LogP contribution in [0.3, 0.4) is 0 Å². The molecule has 2 aromatic heterocycles. The van der Waals surface area contributed by atoms with E-state index in [1.165, 1.54) is 0 Å². The number of nitrogens with two attached hydrogens (primary N) is 1. The van der Waals surface area contributed by atoms with Crippen molar-refractivity contribution < 1.29 is 9.59 Å². The number of aromatic amines is 1. The number of aromatic nitrogens is 3. The van der Waals surface area contributed by atoms with E-state index < -0.39 is 5.54 Å². The van der Waals surface area contributed by atoms with E-state index in [4.69, 9.17) is 5.73 Å². The highest BCUT2D eigenvalue weighted by atomic mass is 16.2. The lowest BCUT2D eigenvalue weighted by Gasteiger charge is -2.32. The van der Waals surface area contributed by atoms with Crippen LogP contribution in [0.25, 0.3) is 10.9 Å². The monoisotopic (exact) mass is 462 g/mol. The molecule has 0 spiro atoms. The zero-order valence-electron chi connectivity index (χ0n) is 19.9. The highest BCUT2D eigenvalue weighted by Gasteiger charge is 2.45. The molecule has 0 bridgehead atoms. The maximum Gasteiger partial charge on any atom is 0.268 e. The number of amides is 2. The van der Waals surface area contributed by atoms with E-state index in [9.17, 15) is 9.59 Å². The first-order valence-electron chi connectivity index (χ1n) is 12.3. The molecule has 2 aliphatic carbocycles. The number of carbonyl (C=O) groups is 2. The number of hydrogen-bond donors (Lipinski definition) is 4. The van der Waals surface area contributed by atoms with Crippen molar-refractivity contribution in [2.24, 2.45) is 24.6 Å². The van der Waals surface area contributed by atoms with Gasteiger partial charge in [0.15, 0.2) is 0 Å². The van der Waals surface area contributed by atoms with Gasteiger partial charge in [0.2, 0.25) is 5.91 Å². The highest BCUT2D eigenvalue weighted by molar-refractivity contribution is 5.99. The van der Waals surface area contributed by atoms with Crippen LogP contribution in [0.1, 0.15) is 61.6 Å². The van der Waals surface area contributed by atoms with E-state index in [0.29, 0.717) is 12.1 Å². The standard InChI is InChI=1S/C26H34N6O2/c1-16-13-18(15-26(16,27)23-11-12-28-31-23)29-24(33)19-8-4-5-9-20(19)30-25(34)22-14-17-7-3-6-10-21(17)32(22)2/h3,6-7,10-12,14,16,18-20H,4-5,8-9,13,15,27H2,1-2H3,(H,28,31)(H,29,33)(H,30,34)/t16?,18?,19-,20+,26?/m1/s1. The second-order valence-corrected chi connectivity index (χ2v) is 10.2. The Morgan fingerprint density at radius 3 is 2.74 bits per heavy atom. The molecule has 3 aromatic rings. The lowest BCUT2D eigenvalue weighted by atomic mass is 9.83. The van der Waals surface area contributed by atoms with Gasteiger partial charge in [-0.3, -0.25) is 14.7 Å². The summed E-state index contributed by atoms with van der Waals surface area (Å²) in [7, 11) is 1.91. The summed E-state index contributed by atoms with van der Waals surface area (Å²) in [4.78, 5) is 26.6. The average molecular weight is 463 g/mol. The van der Waals surface area contributed by atoms with Crippen LogP contribution in [0.15, 0.2) is 42.6 Å².